The number of aryl methyl sites for hydroxylation is 1. The summed E-state index contributed by atoms with van der Waals surface area (Å²) in [6, 6.07) is 9.89. The fourth-order valence-corrected chi connectivity index (χ4v) is 4.65. The van der Waals surface area contributed by atoms with Crippen molar-refractivity contribution < 1.29 is 22.0 Å². The maximum atomic E-state index is 15.1. The molecule has 3 heterocycles. The van der Waals surface area contributed by atoms with Crippen molar-refractivity contribution in [2.24, 2.45) is 0 Å². The van der Waals surface area contributed by atoms with Crippen molar-refractivity contribution in [3.63, 3.8) is 0 Å². The van der Waals surface area contributed by atoms with Crippen molar-refractivity contribution in [3.05, 3.63) is 105 Å². The summed E-state index contributed by atoms with van der Waals surface area (Å²) in [5, 5.41) is 8.48. The molecule has 0 spiro atoms. The predicted octanol–water partition coefficient (Wildman–Crippen LogP) is 5.79. The van der Waals surface area contributed by atoms with E-state index in [9.17, 15) is 27.2 Å². The topological polar surface area (TPSA) is 106 Å². The zero-order chi connectivity index (χ0) is 30.0. The van der Waals surface area contributed by atoms with E-state index in [0.29, 0.717) is 29.4 Å². The Morgan fingerprint density at radius 3 is 2.43 bits per heavy atom. The summed E-state index contributed by atoms with van der Waals surface area (Å²) in [5.41, 5.74) is -2.75. The van der Waals surface area contributed by atoms with Crippen LogP contribution in [0, 0.1) is 11.6 Å². The fraction of sp³-hybridized carbons (Fsp3) is 0.207. The first-order chi connectivity index (χ1) is 20.0. The summed E-state index contributed by atoms with van der Waals surface area (Å²) in [7, 11) is 0. The minimum absolute atomic E-state index is 0.0736. The van der Waals surface area contributed by atoms with E-state index in [1.807, 2.05) is 0 Å². The molecule has 0 aliphatic carbocycles. The molecule has 1 atom stereocenters. The van der Waals surface area contributed by atoms with Crippen LogP contribution < -0.4 is 16.4 Å². The van der Waals surface area contributed by atoms with Crippen LogP contribution in [0.5, 0.6) is 0 Å². The summed E-state index contributed by atoms with van der Waals surface area (Å²) in [6.45, 7) is 1.87. The van der Waals surface area contributed by atoms with E-state index in [1.165, 1.54) is 29.1 Å². The Morgan fingerprint density at radius 1 is 0.976 bits per heavy atom. The Bertz CT molecular complexity index is 1870. The van der Waals surface area contributed by atoms with Crippen molar-refractivity contribution in [3.8, 4) is 22.5 Å². The monoisotopic (exact) mass is 582 g/mol. The SMILES string of the molecule is C[C@@H](CCCn1ccc2cc(-c3ncc(-c4ccccc4F)cn3)c(F)cc2c1=O)Nc1cn[nH]c(=O)c1C(F)(F)F. The molecule has 5 rings (SSSR count). The van der Waals surface area contributed by atoms with Crippen molar-refractivity contribution >= 4 is 16.5 Å². The molecule has 8 nitrogen and oxygen atoms in total. The van der Waals surface area contributed by atoms with Gasteiger partial charge in [0.1, 0.15) is 17.2 Å². The van der Waals surface area contributed by atoms with Crippen LogP contribution in [0.15, 0.2) is 76.8 Å². The molecule has 0 saturated carbocycles. The maximum Gasteiger partial charge on any atom is 0.423 e. The average Bonchev–Trinajstić information content (AvgIpc) is 2.94. The quantitative estimate of drug-likeness (QED) is 0.225. The lowest BCUT2D eigenvalue weighted by molar-refractivity contribution is -0.138. The molecule has 0 unspecified atom stereocenters. The lowest BCUT2D eigenvalue weighted by Gasteiger charge is -2.18. The van der Waals surface area contributed by atoms with Gasteiger partial charge in [-0.3, -0.25) is 9.59 Å². The van der Waals surface area contributed by atoms with Gasteiger partial charge in [0, 0.05) is 42.3 Å². The minimum Gasteiger partial charge on any atom is -0.381 e. The molecule has 0 aliphatic rings. The van der Waals surface area contributed by atoms with Gasteiger partial charge in [0.2, 0.25) is 0 Å². The molecule has 13 heteroatoms. The van der Waals surface area contributed by atoms with Crippen molar-refractivity contribution in [2.75, 3.05) is 5.32 Å². The summed E-state index contributed by atoms with van der Waals surface area (Å²) in [6.07, 6.45) is 1.16. The molecule has 0 aliphatic heterocycles. The molecule has 0 saturated heterocycles. The Hall–Kier alpha value is -4.94. The van der Waals surface area contributed by atoms with Gasteiger partial charge in [0.25, 0.3) is 11.1 Å². The number of rotatable bonds is 8. The van der Waals surface area contributed by atoms with Crippen LogP contribution in [-0.4, -0.2) is 30.8 Å². The molecule has 2 N–H and O–H groups in total. The highest BCUT2D eigenvalue weighted by Crippen LogP contribution is 2.32. The molecule has 5 aromatic rings. The van der Waals surface area contributed by atoms with Gasteiger partial charge >= 0.3 is 6.18 Å². The molecular weight excluding hydrogens is 559 g/mol. The third-order valence-electron chi connectivity index (χ3n) is 6.72. The second kappa shape index (κ2) is 11.5. The molecule has 2 aromatic carbocycles. The summed E-state index contributed by atoms with van der Waals surface area (Å²) in [5.74, 6) is -1.07. The van der Waals surface area contributed by atoms with Gasteiger partial charge < -0.3 is 9.88 Å². The second-order valence-corrected chi connectivity index (χ2v) is 9.68. The van der Waals surface area contributed by atoms with E-state index in [4.69, 9.17) is 0 Å². The van der Waals surface area contributed by atoms with Gasteiger partial charge in [-0.05, 0) is 49.4 Å². The number of alkyl halides is 3. The van der Waals surface area contributed by atoms with Gasteiger partial charge in [-0.1, -0.05) is 18.2 Å². The number of halogens is 5. The molecule has 3 aromatic heterocycles. The highest BCUT2D eigenvalue weighted by Gasteiger charge is 2.37. The van der Waals surface area contributed by atoms with Crippen LogP contribution in [0.4, 0.5) is 27.6 Å². The van der Waals surface area contributed by atoms with E-state index in [0.717, 1.165) is 12.3 Å². The molecule has 0 amide bonds. The van der Waals surface area contributed by atoms with E-state index >= 15 is 4.39 Å². The maximum absolute atomic E-state index is 15.1. The smallest absolute Gasteiger partial charge is 0.381 e. The number of H-pyrrole nitrogens is 1. The van der Waals surface area contributed by atoms with Gasteiger partial charge in [-0.25, -0.2) is 23.8 Å². The standard InChI is InChI=1S/C29H23F5N6O2/c1-16(38-24-15-37-39-27(41)25(24)29(32,33)34)5-4-9-40-10-8-17-11-21(23(31)12-20(17)28(40)42)26-35-13-18(14-36-26)19-6-2-3-7-22(19)30/h2-3,6-8,10-16H,4-5,9H2,1H3,(H2,38,39,41)/t16-/m0/s1. The number of aromatic amines is 1. The zero-order valence-electron chi connectivity index (χ0n) is 22.0. The predicted molar refractivity (Wildman–Crippen MR) is 147 cm³/mol. The lowest BCUT2D eigenvalue weighted by atomic mass is 10.1. The highest BCUT2D eigenvalue weighted by molar-refractivity contribution is 5.86. The number of benzene rings is 2. The van der Waals surface area contributed by atoms with Gasteiger partial charge in [-0.2, -0.15) is 18.3 Å². The Labute approximate surface area is 234 Å². The number of aromatic nitrogens is 5. The van der Waals surface area contributed by atoms with Crippen LogP contribution in [-0.2, 0) is 12.7 Å². The minimum atomic E-state index is -4.86. The number of pyridine rings is 1. The van der Waals surface area contributed by atoms with Gasteiger partial charge in [0.15, 0.2) is 5.82 Å². The number of anilines is 1. The summed E-state index contributed by atoms with van der Waals surface area (Å²) < 4.78 is 70.4. The number of nitrogens with zero attached hydrogens (tertiary/aromatic N) is 4. The van der Waals surface area contributed by atoms with Crippen LogP contribution in [0.2, 0.25) is 0 Å². The summed E-state index contributed by atoms with van der Waals surface area (Å²) in [4.78, 5) is 33.1. The largest absolute Gasteiger partial charge is 0.423 e. The van der Waals surface area contributed by atoms with E-state index < -0.39 is 46.2 Å². The Kier molecular flexibility index (Phi) is 7.83. The van der Waals surface area contributed by atoms with E-state index in [-0.39, 0.29) is 23.3 Å². The average molecular weight is 583 g/mol. The van der Waals surface area contributed by atoms with Crippen LogP contribution in [0.1, 0.15) is 25.3 Å². The number of hydrogen-bond acceptors (Lipinski definition) is 6. The molecule has 42 heavy (non-hydrogen) atoms. The molecule has 0 fully saturated rings. The zero-order valence-corrected chi connectivity index (χ0v) is 22.0. The first-order valence-electron chi connectivity index (χ1n) is 12.8. The van der Waals surface area contributed by atoms with E-state index in [2.05, 4.69) is 20.4 Å². The van der Waals surface area contributed by atoms with Crippen molar-refractivity contribution in [1.29, 1.82) is 0 Å². The van der Waals surface area contributed by atoms with Crippen LogP contribution in [0.3, 0.4) is 0 Å². The Morgan fingerprint density at radius 2 is 1.71 bits per heavy atom. The number of nitrogens with one attached hydrogen (secondary N) is 2. The van der Waals surface area contributed by atoms with Crippen molar-refractivity contribution in [2.45, 2.75) is 38.5 Å². The highest BCUT2D eigenvalue weighted by atomic mass is 19.4. The van der Waals surface area contributed by atoms with Gasteiger partial charge in [-0.15, -0.1) is 0 Å². The first kappa shape index (κ1) is 28.6. The Balaban J connectivity index is 1.29. The van der Waals surface area contributed by atoms with Crippen molar-refractivity contribution in [1.82, 2.24) is 24.7 Å². The van der Waals surface area contributed by atoms with Crippen LogP contribution in [0.25, 0.3) is 33.3 Å². The second-order valence-electron chi connectivity index (χ2n) is 9.68. The normalized spacial score (nSPS) is 12.4. The molecule has 0 radical (unpaired) electrons. The van der Waals surface area contributed by atoms with E-state index in [1.54, 1.807) is 42.5 Å². The molecule has 216 valence electrons. The van der Waals surface area contributed by atoms with Crippen LogP contribution >= 0.6 is 0 Å². The molecular formula is C29H23F5N6O2. The third-order valence-corrected chi connectivity index (χ3v) is 6.72. The lowest BCUT2D eigenvalue weighted by Crippen LogP contribution is -2.27. The fourth-order valence-electron chi connectivity index (χ4n) is 4.65. The summed E-state index contributed by atoms with van der Waals surface area (Å²) >= 11 is 0. The molecule has 0 bridgehead atoms. The first-order valence-corrected chi connectivity index (χ1v) is 12.8. The number of fused-ring (bicyclic) bond motifs is 1. The number of hydrogen-bond donors (Lipinski definition) is 2. The third kappa shape index (κ3) is 5.90. The van der Waals surface area contributed by atoms with Gasteiger partial charge in [0.05, 0.1) is 22.8 Å².